The van der Waals surface area contributed by atoms with Crippen LogP contribution in [0.4, 0.5) is 0 Å². The molecule has 0 spiro atoms. The van der Waals surface area contributed by atoms with E-state index in [-0.39, 0.29) is 4.99 Å². The minimum atomic E-state index is -3.38. The van der Waals surface area contributed by atoms with Crippen molar-refractivity contribution in [3.05, 3.63) is 0 Å². The molecule has 6 heteroatoms. The maximum Gasteiger partial charge on any atom is 0.220 e. The van der Waals surface area contributed by atoms with Gasteiger partial charge in [0.2, 0.25) is 10.0 Å². The summed E-state index contributed by atoms with van der Waals surface area (Å²) in [6.45, 7) is 5.91. The predicted octanol–water partition coefficient (Wildman–Crippen LogP) is 0.627. The lowest BCUT2D eigenvalue weighted by Crippen LogP contribution is -2.41. The lowest BCUT2D eigenvalue weighted by Gasteiger charge is -2.14. The summed E-state index contributed by atoms with van der Waals surface area (Å²) in [4.78, 5) is 0.00153. The van der Waals surface area contributed by atoms with E-state index in [0.29, 0.717) is 12.5 Å². The zero-order chi connectivity index (χ0) is 11.4. The van der Waals surface area contributed by atoms with Gasteiger partial charge in [-0.2, -0.15) is 0 Å². The number of nitrogens with two attached hydrogens (primary N) is 1. The molecule has 14 heavy (non-hydrogen) atoms. The second-order valence-electron chi connectivity index (χ2n) is 3.45. The van der Waals surface area contributed by atoms with Gasteiger partial charge in [0.1, 0.15) is 5.25 Å². The summed E-state index contributed by atoms with van der Waals surface area (Å²) >= 11 is 4.63. The number of hydrogen-bond acceptors (Lipinski definition) is 3. The van der Waals surface area contributed by atoms with Gasteiger partial charge in [-0.15, -0.1) is 0 Å². The molecule has 0 radical (unpaired) electrons. The fourth-order valence-electron chi connectivity index (χ4n) is 0.681. The highest BCUT2D eigenvalue weighted by Crippen LogP contribution is 2.02. The van der Waals surface area contributed by atoms with E-state index in [2.05, 4.69) is 16.9 Å². The zero-order valence-corrected chi connectivity index (χ0v) is 10.4. The standard InChI is InChI=1S/C8H18N2O2S2/c1-4-6(2)5-10-14(11,12)7(3)8(9)13/h6-7,10H,4-5H2,1-3H3,(H2,9,13). The second kappa shape index (κ2) is 5.63. The molecule has 0 aliphatic heterocycles. The van der Waals surface area contributed by atoms with Crippen molar-refractivity contribution in [2.45, 2.75) is 32.4 Å². The SMILES string of the molecule is CCC(C)CNS(=O)(=O)C(C)C(N)=S. The van der Waals surface area contributed by atoms with Gasteiger partial charge in [0.05, 0.1) is 4.99 Å². The molecular formula is C8H18N2O2S2. The molecule has 84 valence electrons. The Labute approximate surface area is 91.3 Å². The molecule has 0 heterocycles. The summed E-state index contributed by atoms with van der Waals surface area (Å²) in [5.74, 6) is 0.323. The fourth-order valence-corrected chi connectivity index (χ4v) is 2.13. The van der Waals surface area contributed by atoms with Crippen molar-refractivity contribution in [1.29, 1.82) is 0 Å². The predicted molar refractivity (Wildman–Crippen MR) is 62.6 cm³/mol. The Kier molecular flexibility index (Phi) is 5.54. The fraction of sp³-hybridized carbons (Fsp3) is 0.875. The van der Waals surface area contributed by atoms with Gasteiger partial charge in [-0.05, 0) is 12.8 Å². The topological polar surface area (TPSA) is 72.2 Å². The molecule has 4 nitrogen and oxygen atoms in total. The maximum absolute atomic E-state index is 11.5. The van der Waals surface area contributed by atoms with E-state index in [0.717, 1.165) is 6.42 Å². The first-order chi connectivity index (χ1) is 6.31. The van der Waals surface area contributed by atoms with Crippen molar-refractivity contribution < 1.29 is 8.42 Å². The molecule has 0 aliphatic rings. The molecule has 0 rings (SSSR count). The van der Waals surface area contributed by atoms with Gasteiger partial charge in [0.25, 0.3) is 0 Å². The molecule has 0 fully saturated rings. The van der Waals surface area contributed by atoms with Crippen LogP contribution in [0.5, 0.6) is 0 Å². The van der Waals surface area contributed by atoms with Crippen LogP contribution in [-0.4, -0.2) is 25.2 Å². The first kappa shape index (κ1) is 13.8. The quantitative estimate of drug-likeness (QED) is 0.666. The number of hydrogen-bond donors (Lipinski definition) is 2. The monoisotopic (exact) mass is 238 g/mol. The van der Waals surface area contributed by atoms with Gasteiger partial charge in [0.15, 0.2) is 0 Å². The molecular weight excluding hydrogens is 220 g/mol. The zero-order valence-electron chi connectivity index (χ0n) is 8.78. The minimum absolute atomic E-state index is 0.00153. The Morgan fingerprint density at radius 3 is 2.36 bits per heavy atom. The smallest absolute Gasteiger partial charge is 0.220 e. The Balaban J connectivity index is 4.29. The van der Waals surface area contributed by atoms with Gasteiger partial charge in [-0.3, -0.25) is 0 Å². The summed E-state index contributed by atoms with van der Waals surface area (Å²) in [5, 5.41) is -0.804. The van der Waals surface area contributed by atoms with Gasteiger partial charge in [-0.25, -0.2) is 13.1 Å². The van der Waals surface area contributed by atoms with E-state index in [1.54, 1.807) is 0 Å². The van der Waals surface area contributed by atoms with Gasteiger partial charge >= 0.3 is 0 Å². The van der Waals surface area contributed by atoms with E-state index >= 15 is 0 Å². The van der Waals surface area contributed by atoms with Gasteiger partial charge in [-0.1, -0.05) is 32.5 Å². The van der Waals surface area contributed by atoms with Crippen LogP contribution < -0.4 is 10.5 Å². The highest BCUT2D eigenvalue weighted by atomic mass is 32.2. The molecule has 0 aromatic carbocycles. The highest BCUT2D eigenvalue weighted by molar-refractivity contribution is 7.93. The molecule has 2 unspecified atom stereocenters. The van der Waals surface area contributed by atoms with E-state index in [9.17, 15) is 8.42 Å². The summed E-state index contributed by atoms with van der Waals surface area (Å²) in [7, 11) is -3.38. The lowest BCUT2D eigenvalue weighted by atomic mass is 10.1. The van der Waals surface area contributed by atoms with Gasteiger partial charge in [0, 0.05) is 6.54 Å². The van der Waals surface area contributed by atoms with Crippen LogP contribution in [0.15, 0.2) is 0 Å². The Morgan fingerprint density at radius 1 is 1.50 bits per heavy atom. The summed E-state index contributed by atoms with van der Waals surface area (Å²) < 4.78 is 25.5. The lowest BCUT2D eigenvalue weighted by molar-refractivity contribution is 0.527. The number of thiocarbonyl (C=S) groups is 1. The minimum Gasteiger partial charge on any atom is -0.392 e. The largest absolute Gasteiger partial charge is 0.392 e. The molecule has 2 atom stereocenters. The van der Waals surface area contributed by atoms with Crippen LogP contribution in [0.2, 0.25) is 0 Å². The Morgan fingerprint density at radius 2 is 2.00 bits per heavy atom. The third-order valence-corrected chi connectivity index (χ3v) is 4.45. The van der Waals surface area contributed by atoms with E-state index in [4.69, 9.17) is 5.73 Å². The number of sulfonamides is 1. The van der Waals surface area contributed by atoms with Crippen molar-refractivity contribution in [2.24, 2.45) is 11.7 Å². The first-order valence-electron chi connectivity index (χ1n) is 4.59. The molecule has 3 N–H and O–H groups in total. The molecule has 0 bridgehead atoms. The van der Waals surface area contributed by atoms with E-state index < -0.39 is 15.3 Å². The average Bonchev–Trinajstić information content (AvgIpc) is 2.12. The third-order valence-electron chi connectivity index (χ3n) is 2.20. The normalized spacial score (nSPS) is 16.2. The van der Waals surface area contributed by atoms with Crippen molar-refractivity contribution in [3.8, 4) is 0 Å². The molecule has 0 aromatic rings. The van der Waals surface area contributed by atoms with Crippen LogP contribution >= 0.6 is 12.2 Å². The number of rotatable bonds is 6. The van der Waals surface area contributed by atoms with Crippen LogP contribution in [0, 0.1) is 5.92 Å². The summed E-state index contributed by atoms with van der Waals surface area (Å²) in [5.41, 5.74) is 5.27. The number of nitrogens with one attached hydrogen (secondary N) is 1. The van der Waals surface area contributed by atoms with Crippen LogP contribution in [0.25, 0.3) is 0 Å². The third kappa shape index (κ3) is 4.34. The van der Waals surface area contributed by atoms with E-state index in [1.807, 2.05) is 13.8 Å². The Hall–Kier alpha value is -0.200. The van der Waals surface area contributed by atoms with Crippen molar-refractivity contribution >= 4 is 27.2 Å². The molecule has 0 saturated heterocycles. The molecule has 0 aromatic heterocycles. The summed E-state index contributed by atoms with van der Waals surface area (Å²) in [6.07, 6.45) is 0.934. The van der Waals surface area contributed by atoms with Gasteiger partial charge < -0.3 is 5.73 Å². The van der Waals surface area contributed by atoms with Crippen molar-refractivity contribution in [1.82, 2.24) is 4.72 Å². The first-order valence-corrected chi connectivity index (χ1v) is 6.54. The molecule has 0 amide bonds. The average molecular weight is 238 g/mol. The Bertz CT molecular complexity index is 288. The molecule has 0 saturated carbocycles. The van der Waals surface area contributed by atoms with E-state index in [1.165, 1.54) is 6.92 Å². The van der Waals surface area contributed by atoms with Crippen LogP contribution in [0.3, 0.4) is 0 Å². The van der Waals surface area contributed by atoms with Crippen molar-refractivity contribution in [3.63, 3.8) is 0 Å². The highest BCUT2D eigenvalue weighted by Gasteiger charge is 2.22. The van der Waals surface area contributed by atoms with Crippen LogP contribution in [-0.2, 0) is 10.0 Å². The van der Waals surface area contributed by atoms with Crippen LogP contribution in [0.1, 0.15) is 27.2 Å². The summed E-state index contributed by atoms with van der Waals surface area (Å²) in [6, 6.07) is 0. The maximum atomic E-state index is 11.5. The van der Waals surface area contributed by atoms with Crippen molar-refractivity contribution in [2.75, 3.05) is 6.54 Å². The molecule has 0 aliphatic carbocycles. The second-order valence-corrected chi connectivity index (χ2v) is 6.01.